The molecule has 0 aliphatic rings. The lowest BCUT2D eigenvalue weighted by molar-refractivity contribution is -0.139. The zero-order chi connectivity index (χ0) is 11.5. The van der Waals surface area contributed by atoms with Crippen LogP contribution >= 0.6 is 0 Å². The number of hydrogen-bond donors (Lipinski definition) is 0. The molecule has 0 bridgehead atoms. The Balaban J connectivity index is 3.24. The van der Waals surface area contributed by atoms with Gasteiger partial charge in [0.2, 0.25) is 0 Å². The number of carbonyl (C=O) groups excluding carboxylic acids is 1. The lowest BCUT2D eigenvalue weighted by Crippen LogP contribution is -2.11. The molecule has 0 N–H and O–H groups in total. The Hall–Kier alpha value is -0.870. The van der Waals surface area contributed by atoms with Crippen molar-refractivity contribution in [3.8, 4) is 0 Å². The Morgan fingerprint density at radius 2 is 1.67 bits per heavy atom. The monoisotopic (exact) mass is 216 g/mol. The summed E-state index contributed by atoms with van der Waals surface area (Å²) in [6.45, 7) is 8.14. The maximum atomic E-state index is 11.0. The Morgan fingerprint density at radius 3 is 2.27 bits per heavy atom. The number of carbonyl (C=O) groups is 1. The highest BCUT2D eigenvalue weighted by atomic mass is 16.6. The minimum Gasteiger partial charge on any atom is -0.460 e. The van der Waals surface area contributed by atoms with Crippen LogP contribution in [0.4, 0.5) is 0 Å². The van der Waals surface area contributed by atoms with E-state index in [0.29, 0.717) is 26.4 Å². The Labute approximate surface area is 91.2 Å². The lowest BCUT2D eigenvalue weighted by Gasteiger charge is -2.04. The highest BCUT2D eigenvalue weighted by Gasteiger charge is 1.97. The van der Waals surface area contributed by atoms with Crippen molar-refractivity contribution in [2.45, 2.75) is 20.8 Å². The number of hydrogen-bond acceptors (Lipinski definition) is 4. The summed E-state index contributed by atoms with van der Waals surface area (Å²) in [5.74, 6) is -0.316. The maximum Gasteiger partial charge on any atom is 0.330 e. The highest BCUT2D eigenvalue weighted by molar-refractivity contribution is 5.82. The molecule has 0 amide bonds. The van der Waals surface area contributed by atoms with E-state index in [-0.39, 0.29) is 12.6 Å². The molecule has 0 aromatic heterocycles. The predicted octanol–water partition coefficient (Wildman–Crippen LogP) is 1.55. The number of allylic oxidation sites excluding steroid dienone is 1. The largest absolute Gasteiger partial charge is 0.460 e. The van der Waals surface area contributed by atoms with E-state index in [1.54, 1.807) is 0 Å². The molecule has 0 fully saturated rings. The molecule has 0 aliphatic heterocycles. The predicted molar refractivity (Wildman–Crippen MR) is 57.7 cm³/mol. The third-order valence-electron chi connectivity index (χ3n) is 1.45. The average molecular weight is 216 g/mol. The maximum absolute atomic E-state index is 11.0. The van der Waals surface area contributed by atoms with Gasteiger partial charge in [-0.05, 0) is 20.8 Å². The standard InChI is InChI=1S/C11H20O4/c1-4-13-5-6-14-7-8-15-11(12)9-10(2)3/h9H,4-8H2,1-3H3. The quantitative estimate of drug-likeness (QED) is 0.351. The van der Waals surface area contributed by atoms with E-state index in [1.165, 1.54) is 6.08 Å². The molecule has 0 aromatic rings. The van der Waals surface area contributed by atoms with Crippen molar-refractivity contribution >= 4 is 5.97 Å². The van der Waals surface area contributed by atoms with Crippen LogP contribution in [-0.2, 0) is 19.0 Å². The van der Waals surface area contributed by atoms with E-state index >= 15 is 0 Å². The van der Waals surface area contributed by atoms with Crippen molar-refractivity contribution in [1.29, 1.82) is 0 Å². The van der Waals surface area contributed by atoms with E-state index in [9.17, 15) is 4.79 Å². The zero-order valence-electron chi connectivity index (χ0n) is 9.75. The van der Waals surface area contributed by atoms with Gasteiger partial charge < -0.3 is 14.2 Å². The summed E-state index contributed by atoms with van der Waals surface area (Å²) in [6, 6.07) is 0. The van der Waals surface area contributed by atoms with E-state index < -0.39 is 0 Å². The summed E-state index contributed by atoms with van der Waals surface area (Å²) in [7, 11) is 0. The van der Waals surface area contributed by atoms with Gasteiger partial charge >= 0.3 is 5.97 Å². The first-order valence-electron chi connectivity index (χ1n) is 5.14. The van der Waals surface area contributed by atoms with E-state index in [1.807, 2.05) is 20.8 Å². The van der Waals surface area contributed by atoms with Gasteiger partial charge in [-0.15, -0.1) is 0 Å². The lowest BCUT2D eigenvalue weighted by atomic mass is 10.3. The normalized spacial score (nSPS) is 9.80. The second kappa shape index (κ2) is 9.68. The fourth-order valence-corrected chi connectivity index (χ4v) is 0.843. The van der Waals surface area contributed by atoms with Crippen molar-refractivity contribution < 1.29 is 19.0 Å². The number of ether oxygens (including phenoxy) is 3. The summed E-state index contributed by atoms with van der Waals surface area (Å²) < 4.78 is 15.1. The first-order valence-corrected chi connectivity index (χ1v) is 5.14. The minimum absolute atomic E-state index is 0.286. The van der Waals surface area contributed by atoms with Gasteiger partial charge in [-0.3, -0.25) is 0 Å². The molecule has 88 valence electrons. The van der Waals surface area contributed by atoms with Crippen LogP contribution in [-0.4, -0.2) is 39.0 Å². The Kier molecular flexibility index (Phi) is 9.11. The van der Waals surface area contributed by atoms with Gasteiger partial charge in [-0.25, -0.2) is 4.79 Å². The van der Waals surface area contributed by atoms with Gasteiger partial charge in [0.25, 0.3) is 0 Å². The molecule has 0 atom stereocenters. The third-order valence-corrected chi connectivity index (χ3v) is 1.45. The fraction of sp³-hybridized carbons (Fsp3) is 0.727. The second-order valence-electron chi connectivity index (χ2n) is 3.20. The molecule has 0 saturated heterocycles. The fourth-order valence-electron chi connectivity index (χ4n) is 0.843. The molecular formula is C11H20O4. The molecule has 0 saturated carbocycles. The second-order valence-corrected chi connectivity index (χ2v) is 3.20. The summed E-state index contributed by atoms with van der Waals surface area (Å²) in [6.07, 6.45) is 1.46. The molecule has 0 spiro atoms. The molecule has 0 aromatic carbocycles. The summed E-state index contributed by atoms with van der Waals surface area (Å²) in [4.78, 5) is 11.0. The molecule has 0 radical (unpaired) electrons. The van der Waals surface area contributed by atoms with Crippen LogP contribution in [0.1, 0.15) is 20.8 Å². The number of esters is 1. The van der Waals surface area contributed by atoms with Gasteiger partial charge in [0, 0.05) is 12.7 Å². The van der Waals surface area contributed by atoms with Gasteiger partial charge in [-0.2, -0.15) is 0 Å². The van der Waals surface area contributed by atoms with Crippen molar-refractivity contribution in [2.24, 2.45) is 0 Å². The molecule has 4 heteroatoms. The van der Waals surface area contributed by atoms with Crippen LogP contribution in [0.5, 0.6) is 0 Å². The molecular weight excluding hydrogens is 196 g/mol. The van der Waals surface area contributed by atoms with Gasteiger partial charge in [-0.1, -0.05) is 5.57 Å². The topological polar surface area (TPSA) is 44.8 Å². The van der Waals surface area contributed by atoms with Crippen LogP contribution in [0.15, 0.2) is 11.6 Å². The first-order chi connectivity index (χ1) is 7.16. The highest BCUT2D eigenvalue weighted by Crippen LogP contribution is 1.90. The van der Waals surface area contributed by atoms with Crippen LogP contribution in [0.2, 0.25) is 0 Å². The van der Waals surface area contributed by atoms with E-state index in [4.69, 9.17) is 14.2 Å². The first kappa shape index (κ1) is 14.1. The van der Waals surface area contributed by atoms with Crippen molar-refractivity contribution in [1.82, 2.24) is 0 Å². The minimum atomic E-state index is -0.316. The SMILES string of the molecule is CCOCCOCCOC(=O)C=C(C)C. The van der Waals surface area contributed by atoms with Crippen LogP contribution in [0.25, 0.3) is 0 Å². The number of rotatable bonds is 8. The van der Waals surface area contributed by atoms with Crippen molar-refractivity contribution in [2.75, 3.05) is 33.0 Å². The molecule has 0 heterocycles. The molecule has 0 unspecified atom stereocenters. The summed E-state index contributed by atoms with van der Waals surface area (Å²) >= 11 is 0. The summed E-state index contributed by atoms with van der Waals surface area (Å²) in [5, 5.41) is 0. The zero-order valence-corrected chi connectivity index (χ0v) is 9.75. The van der Waals surface area contributed by atoms with Crippen LogP contribution in [0, 0.1) is 0 Å². The van der Waals surface area contributed by atoms with Gasteiger partial charge in [0.1, 0.15) is 6.61 Å². The van der Waals surface area contributed by atoms with E-state index in [0.717, 1.165) is 5.57 Å². The molecule has 15 heavy (non-hydrogen) atoms. The molecule has 0 aliphatic carbocycles. The van der Waals surface area contributed by atoms with Crippen molar-refractivity contribution in [3.63, 3.8) is 0 Å². The smallest absolute Gasteiger partial charge is 0.330 e. The third kappa shape index (κ3) is 11.1. The summed E-state index contributed by atoms with van der Waals surface area (Å²) in [5.41, 5.74) is 0.928. The van der Waals surface area contributed by atoms with Crippen LogP contribution < -0.4 is 0 Å². The average Bonchev–Trinajstić information content (AvgIpc) is 2.15. The van der Waals surface area contributed by atoms with Gasteiger partial charge in [0.05, 0.1) is 19.8 Å². The van der Waals surface area contributed by atoms with Crippen molar-refractivity contribution in [3.05, 3.63) is 11.6 Å². The Morgan fingerprint density at radius 1 is 1.07 bits per heavy atom. The molecule has 4 nitrogen and oxygen atoms in total. The molecule has 0 rings (SSSR count). The van der Waals surface area contributed by atoms with Gasteiger partial charge in [0.15, 0.2) is 0 Å². The Bertz CT molecular complexity index is 195. The van der Waals surface area contributed by atoms with E-state index in [2.05, 4.69) is 0 Å². The van der Waals surface area contributed by atoms with Crippen LogP contribution in [0.3, 0.4) is 0 Å².